The van der Waals surface area contributed by atoms with Crippen molar-refractivity contribution in [2.45, 2.75) is 19.3 Å². The minimum Gasteiger partial charge on any atom is -0.308 e. The van der Waals surface area contributed by atoms with E-state index in [1.807, 2.05) is 0 Å². The van der Waals surface area contributed by atoms with Crippen LogP contribution >= 0.6 is 0 Å². The molecule has 0 N–H and O–H groups in total. The largest absolute Gasteiger partial charge is 0.308 e. The second-order valence-electron chi connectivity index (χ2n) is 16.4. The lowest BCUT2D eigenvalue weighted by atomic mass is 9.80. The Morgan fingerprint density at radius 2 is 1.03 bits per heavy atom. The molecule has 278 valence electrons. The van der Waals surface area contributed by atoms with Gasteiger partial charge in [0.1, 0.15) is 0 Å². The molecule has 0 saturated carbocycles. The van der Waals surface area contributed by atoms with Crippen LogP contribution in [0.2, 0.25) is 0 Å². The molecular formula is C55H39N3Si. The fourth-order valence-corrected chi connectivity index (χ4v) is 15.9. The lowest BCUT2D eigenvalue weighted by Crippen LogP contribution is -2.73. The molecule has 0 fully saturated rings. The van der Waals surface area contributed by atoms with Crippen molar-refractivity contribution < 1.29 is 0 Å². The first-order valence-corrected chi connectivity index (χ1v) is 22.5. The first kappa shape index (κ1) is 33.9. The first-order chi connectivity index (χ1) is 29.1. The van der Waals surface area contributed by atoms with Crippen molar-refractivity contribution in [3.05, 3.63) is 211 Å². The minimum absolute atomic E-state index is 0.158. The summed E-state index contributed by atoms with van der Waals surface area (Å²) in [5.41, 5.74) is 14.0. The standard InChI is InChI=1S/C55H39N3Si/c1-55(2)44-30-16-12-26-39(44)40-34-35-47-49(50(40)55)41-27-13-17-31-45(41)58(47)46-32-18-14-28-42(46)54-56-51(36-20-6-3-7-21-36)53-52(57-54)43-29-15-19-33-48(43)59(53,37-22-8-4-9-23-37)38-24-10-5-11-25-38/h3-35H,1-2H3. The molecule has 0 atom stereocenters. The molecule has 3 heterocycles. The zero-order valence-corrected chi connectivity index (χ0v) is 33.9. The maximum Gasteiger partial charge on any atom is 0.185 e. The monoisotopic (exact) mass is 769 g/mol. The molecule has 8 aromatic carbocycles. The Hall–Kier alpha value is -7.14. The van der Waals surface area contributed by atoms with Crippen LogP contribution in [0.25, 0.3) is 72.5 Å². The van der Waals surface area contributed by atoms with Gasteiger partial charge in [-0.1, -0.05) is 190 Å². The predicted octanol–water partition coefficient (Wildman–Crippen LogP) is 10.6. The summed E-state index contributed by atoms with van der Waals surface area (Å²) in [6, 6.07) is 73.2. The van der Waals surface area contributed by atoms with Crippen LogP contribution in [0, 0.1) is 0 Å². The van der Waals surface area contributed by atoms with Crippen molar-refractivity contribution in [3.8, 4) is 50.7 Å². The second-order valence-corrected chi connectivity index (χ2v) is 20.1. The summed E-state index contributed by atoms with van der Waals surface area (Å²) in [6.07, 6.45) is 0. The molecule has 0 radical (unpaired) electrons. The normalized spacial score (nSPS) is 14.2. The van der Waals surface area contributed by atoms with Crippen LogP contribution < -0.4 is 20.7 Å². The molecule has 12 rings (SSSR count). The van der Waals surface area contributed by atoms with Gasteiger partial charge in [0.2, 0.25) is 0 Å². The molecule has 2 aliphatic rings. The molecule has 4 heteroatoms. The lowest BCUT2D eigenvalue weighted by Gasteiger charge is -2.32. The highest BCUT2D eigenvalue weighted by Gasteiger charge is 2.51. The van der Waals surface area contributed by atoms with E-state index in [9.17, 15) is 0 Å². The molecule has 3 nitrogen and oxygen atoms in total. The zero-order valence-electron chi connectivity index (χ0n) is 32.9. The highest BCUT2D eigenvalue weighted by Crippen LogP contribution is 2.53. The van der Waals surface area contributed by atoms with Crippen LogP contribution in [0.5, 0.6) is 0 Å². The number of hydrogen-bond acceptors (Lipinski definition) is 2. The number of para-hydroxylation sites is 2. The van der Waals surface area contributed by atoms with Gasteiger partial charge in [-0.05, 0) is 62.1 Å². The molecule has 0 bridgehead atoms. The second kappa shape index (κ2) is 12.7. The summed E-state index contributed by atoms with van der Waals surface area (Å²) >= 11 is 0. The van der Waals surface area contributed by atoms with E-state index in [-0.39, 0.29) is 5.41 Å². The van der Waals surface area contributed by atoms with Crippen LogP contribution in [0.4, 0.5) is 0 Å². The quantitative estimate of drug-likeness (QED) is 0.163. The summed E-state index contributed by atoms with van der Waals surface area (Å²) in [5.74, 6) is 0.721. The van der Waals surface area contributed by atoms with Crippen LogP contribution in [0.1, 0.15) is 25.0 Å². The van der Waals surface area contributed by atoms with Gasteiger partial charge in [0.25, 0.3) is 0 Å². The van der Waals surface area contributed by atoms with E-state index in [1.165, 1.54) is 70.4 Å². The van der Waals surface area contributed by atoms with Crippen LogP contribution in [-0.2, 0) is 5.41 Å². The molecule has 2 aromatic heterocycles. The van der Waals surface area contributed by atoms with Gasteiger partial charge in [0, 0.05) is 38.1 Å². The third-order valence-corrected chi connectivity index (χ3v) is 17.9. The third kappa shape index (κ3) is 4.63. The lowest BCUT2D eigenvalue weighted by molar-refractivity contribution is 0.666. The molecule has 1 aliphatic heterocycles. The average Bonchev–Trinajstić information content (AvgIpc) is 3.88. The van der Waals surface area contributed by atoms with E-state index in [1.54, 1.807) is 0 Å². The number of rotatable bonds is 5. The molecule has 0 unspecified atom stereocenters. The minimum atomic E-state index is -2.90. The van der Waals surface area contributed by atoms with Crippen molar-refractivity contribution in [2.75, 3.05) is 0 Å². The van der Waals surface area contributed by atoms with Gasteiger partial charge in [0.05, 0.1) is 28.1 Å². The maximum atomic E-state index is 5.76. The van der Waals surface area contributed by atoms with Gasteiger partial charge in [0.15, 0.2) is 13.9 Å². The van der Waals surface area contributed by atoms with Gasteiger partial charge >= 0.3 is 0 Å². The van der Waals surface area contributed by atoms with E-state index in [2.05, 4.69) is 219 Å². The Balaban J connectivity index is 1.17. The summed E-state index contributed by atoms with van der Waals surface area (Å²) in [4.78, 5) is 11.5. The SMILES string of the molecule is CC1(C)c2ccccc2-c2ccc3c(c21)c1ccccc1n3-c1ccccc1-c1nc(-c2ccccc2)c2c(n1)-c1ccccc1[Si]2(c1ccccc1)c1ccccc1. The molecule has 0 saturated heterocycles. The predicted molar refractivity (Wildman–Crippen MR) is 247 cm³/mol. The summed E-state index contributed by atoms with van der Waals surface area (Å²) in [7, 11) is -2.90. The zero-order chi connectivity index (χ0) is 39.3. The average molecular weight is 770 g/mol. The van der Waals surface area contributed by atoms with Crippen LogP contribution in [0.15, 0.2) is 200 Å². The third-order valence-electron chi connectivity index (χ3n) is 13.1. The van der Waals surface area contributed by atoms with Crippen LogP contribution in [0.3, 0.4) is 0 Å². The van der Waals surface area contributed by atoms with Crippen LogP contribution in [-0.4, -0.2) is 22.6 Å². The van der Waals surface area contributed by atoms with Gasteiger partial charge < -0.3 is 4.57 Å². The molecular weight excluding hydrogens is 731 g/mol. The topological polar surface area (TPSA) is 30.7 Å². The Labute approximate surface area is 345 Å². The Morgan fingerprint density at radius 1 is 0.458 bits per heavy atom. The summed E-state index contributed by atoms with van der Waals surface area (Å²) in [6.45, 7) is 4.76. The highest BCUT2D eigenvalue weighted by molar-refractivity contribution is 7.22. The van der Waals surface area contributed by atoms with Crippen molar-refractivity contribution in [2.24, 2.45) is 0 Å². The van der Waals surface area contributed by atoms with E-state index in [4.69, 9.17) is 9.97 Å². The van der Waals surface area contributed by atoms with E-state index in [0.717, 1.165) is 34.0 Å². The van der Waals surface area contributed by atoms with Gasteiger partial charge in [-0.25, -0.2) is 9.97 Å². The van der Waals surface area contributed by atoms with Gasteiger partial charge in [-0.2, -0.15) is 0 Å². The number of fused-ring (bicyclic) bond motifs is 10. The smallest absolute Gasteiger partial charge is 0.185 e. The molecule has 0 amide bonds. The van der Waals surface area contributed by atoms with Crippen molar-refractivity contribution >= 4 is 50.6 Å². The fourth-order valence-electron chi connectivity index (χ4n) is 10.7. The summed E-state index contributed by atoms with van der Waals surface area (Å²) in [5, 5.41) is 7.82. The first-order valence-electron chi connectivity index (χ1n) is 20.5. The highest BCUT2D eigenvalue weighted by atomic mass is 28.3. The fraction of sp³-hybridized carbons (Fsp3) is 0.0545. The summed E-state index contributed by atoms with van der Waals surface area (Å²) < 4.78 is 2.46. The number of hydrogen-bond donors (Lipinski definition) is 0. The van der Waals surface area contributed by atoms with Crippen molar-refractivity contribution in [3.63, 3.8) is 0 Å². The van der Waals surface area contributed by atoms with Crippen molar-refractivity contribution in [1.29, 1.82) is 0 Å². The molecule has 1 aliphatic carbocycles. The number of aromatic nitrogens is 3. The molecule has 59 heavy (non-hydrogen) atoms. The molecule has 10 aromatic rings. The Bertz CT molecular complexity index is 3250. The van der Waals surface area contributed by atoms with E-state index in [0.29, 0.717) is 0 Å². The number of benzene rings is 8. The maximum absolute atomic E-state index is 5.76. The van der Waals surface area contributed by atoms with Gasteiger partial charge in [-0.3, -0.25) is 0 Å². The Morgan fingerprint density at radius 3 is 1.78 bits per heavy atom. The van der Waals surface area contributed by atoms with E-state index < -0.39 is 8.07 Å². The van der Waals surface area contributed by atoms with Gasteiger partial charge in [-0.15, -0.1) is 0 Å². The van der Waals surface area contributed by atoms with Crippen molar-refractivity contribution in [1.82, 2.24) is 14.5 Å². The Kier molecular flexibility index (Phi) is 7.29. The van der Waals surface area contributed by atoms with E-state index >= 15 is 0 Å². The number of nitrogens with zero attached hydrogens (tertiary/aromatic N) is 3. The molecule has 0 spiro atoms.